The minimum Gasteiger partial charge on any atom is -0.493 e. The largest absolute Gasteiger partial charge is 0.493 e. The number of carbonyl (C=O) groups is 2. The number of allylic oxidation sites excluding steroid dienone is 1. The number of urea groups is 1. The molecule has 0 aliphatic carbocycles. The molecule has 0 aromatic heterocycles. The maximum Gasteiger partial charge on any atom is 0.338 e. The van der Waals surface area contributed by atoms with E-state index >= 15 is 0 Å². The summed E-state index contributed by atoms with van der Waals surface area (Å²) in [6.45, 7) is 4.46. The summed E-state index contributed by atoms with van der Waals surface area (Å²) in [5, 5.41) is 5.47. The monoisotopic (exact) mass is 424 g/mol. The highest BCUT2D eigenvalue weighted by atomic mass is 16.7. The van der Waals surface area contributed by atoms with Crippen molar-refractivity contribution in [3.8, 4) is 17.2 Å². The van der Waals surface area contributed by atoms with Gasteiger partial charge >= 0.3 is 12.0 Å². The van der Waals surface area contributed by atoms with Gasteiger partial charge in [-0.05, 0) is 37.1 Å². The first-order chi connectivity index (χ1) is 15.1. The number of hydrogen-bond acceptors (Lipinski definition) is 6. The van der Waals surface area contributed by atoms with Gasteiger partial charge < -0.3 is 29.6 Å². The van der Waals surface area contributed by atoms with Crippen LogP contribution in [0.2, 0.25) is 0 Å². The predicted molar refractivity (Wildman–Crippen MR) is 112 cm³/mol. The lowest BCUT2D eigenvalue weighted by molar-refractivity contribution is -0.140. The molecule has 0 fully saturated rings. The van der Waals surface area contributed by atoms with Gasteiger partial charge in [0.25, 0.3) is 0 Å². The Balaban J connectivity index is 1.56. The SMILES string of the molecule is CCCOc1ccccc1[C@@H]1NC(=O)NC(C)=C1C(=O)OCc1ccc2c(c1)OCO2. The Labute approximate surface area is 180 Å². The molecule has 162 valence electrons. The Morgan fingerprint density at radius 1 is 1.16 bits per heavy atom. The third-order valence-corrected chi connectivity index (χ3v) is 4.99. The molecule has 8 nitrogen and oxygen atoms in total. The van der Waals surface area contributed by atoms with Gasteiger partial charge in [-0.2, -0.15) is 0 Å². The number of hydrogen-bond donors (Lipinski definition) is 2. The highest BCUT2D eigenvalue weighted by Gasteiger charge is 2.34. The smallest absolute Gasteiger partial charge is 0.338 e. The van der Waals surface area contributed by atoms with Crippen LogP contribution in [0.3, 0.4) is 0 Å². The Hall–Kier alpha value is -3.68. The fraction of sp³-hybridized carbons (Fsp3) is 0.304. The number of benzene rings is 2. The summed E-state index contributed by atoms with van der Waals surface area (Å²) in [4.78, 5) is 25.2. The topological polar surface area (TPSA) is 95.1 Å². The number of fused-ring (bicyclic) bond motifs is 1. The van der Waals surface area contributed by atoms with E-state index in [9.17, 15) is 9.59 Å². The van der Waals surface area contributed by atoms with Crippen LogP contribution < -0.4 is 24.8 Å². The van der Waals surface area contributed by atoms with E-state index < -0.39 is 12.0 Å². The van der Waals surface area contributed by atoms with Crippen molar-refractivity contribution >= 4 is 12.0 Å². The van der Waals surface area contributed by atoms with Crippen LogP contribution in [0.25, 0.3) is 0 Å². The maximum atomic E-state index is 13.1. The van der Waals surface area contributed by atoms with Gasteiger partial charge in [0.15, 0.2) is 11.5 Å². The first kappa shape index (κ1) is 20.6. The first-order valence-electron chi connectivity index (χ1n) is 10.1. The third kappa shape index (κ3) is 4.42. The molecular weight excluding hydrogens is 400 g/mol. The number of para-hydroxylation sites is 1. The van der Waals surface area contributed by atoms with Crippen LogP contribution in [0.5, 0.6) is 17.2 Å². The van der Waals surface area contributed by atoms with Crippen LogP contribution in [-0.2, 0) is 16.1 Å². The number of nitrogens with one attached hydrogen (secondary N) is 2. The number of ether oxygens (including phenoxy) is 4. The van der Waals surface area contributed by atoms with Gasteiger partial charge in [-0.25, -0.2) is 9.59 Å². The lowest BCUT2D eigenvalue weighted by Crippen LogP contribution is -2.45. The number of esters is 1. The van der Waals surface area contributed by atoms with Gasteiger partial charge in [-0.1, -0.05) is 31.2 Å². The van der Waals surface area contributed by atoms with Gasteiger partial charge in [0.2, 0.25) is 6.79 Å². The van der Waals surface area contributed by atoms with Crippen LogP contribution in [0, 0.1) is 0 Å². The molecule has 2 aromatic rings. The van der Waals surface area contributed by atoms with Crippen molar-refractivity contribution in [2.24, 2.45) is 0 Å². The number of amides is 2. The molecule has 8 heteroatoms. The van der Waals surface area contributed by atoms with Crippen LogP contribution in [-0.4, -0.2) is 25.4 Å². The van der Waals surface area contributed by atoms with Gasteiger partial charge in [0.1, 0.15) is 12.4 Å². The molecule has 2 aliphatic heterocycles. The highest BCUT2D eigenvalue weighted by Crippen LogP contribution is 2.35. The summed E-state index contributed by atoms with van der Waals surface area (Å²) in [7, 11) is 0. The standard InChI is InChI=1S/C23H24N2O6/c1-3-10-28-17-7-5-4-6-16(17)21-20(14(2)24-23(27)25-21)22(26)29-12-15-8-9-18-19(11-15)31-13-30-18/h4-9,11,21H,3,10,12-13H2,1-2H3,(H2,24,25,27)/t21-/m0/s1. The molecule has 31 heavy (non-hydrogen) atoms. The Morgan fingerprint density at radius 2 is 1.97 bits per heavy atom. The molecule has 2 amide bonds. The zero-order valence-electron chi connectivity index (χ0n) is 17.4. The molecule has 0 radical (unpaired) electrons. The molecule has 0 saturated heterocycles. The highest BCUT2D eigenvalue weighted by molar-refractivity contribution is 5.95. The molecule has 2 aromatic carbocycles. The van der Waals surface area contributed by atoms with Gasteiger partial charge in [0.05, 0.1) is 18.2 Å². The average molecular weight is 424 g/mol. The summed E-state index contributed by atoms with van der Waals surface area (Å²) < 4.78 is 22.1. The second kappa shape index (κ2) is 8.99. The van der Waals surface area contributed by atoms with Crippen molar-refractivity contribution in [3.05, 3.63) is 64.9 Å². The Bertz CT molecular complexity index is 1030. The summed E-state index contributed by atoms with van der Waals surface area (Å²) in [6, 6.07) is 11.6. The fourth-order valence-corrected chi connectivity index (χ4v) is 3.52. The molecule has 2 N–H and O–H groups in total. The van der Waals surface area contributed by atoms with E-state index in [1.54, 1.807) is 19.1 Å². The lowest BCUT2D eigenvalue weighted by atomic mass is 9.95. The predicted octanol–water partition coefficient (Wildman–Crippen LogP) is 3.58. The van der Waals surface area contributed by atoms with Crippen LogP contribution in [0.15, 0.2) is 53.7 Å². The zero-order valence-corrected chi connectivity index (χ0v) is 17.4. The van der Waals surface area contributed by atoms with Gasteiger partial charge in [-0.15, -0.1) is 0 Å². The lowest BCUT2D eigenvalue weighted by Gasteiger charge is -2.29. The van der Waals surface area contributed by atoms with Crippen molar-refractivity contribution < 1.29 is 28.5 Å². The van der Waals surface area contributed by atoms with Crippen LogP contribution in [0.4, 0.5) is 4.79 Å². The fourth-order valence-electron chi connectivity index (χ4n) is 3.52. The second-order valence-corrected chi connectivity index (χ2v) is 7.22. The van der Waals surface area contributed by atoms with Crippen molar-refractivity contribution in [1.82, 2.24) is 10.6 Å². The van der Waals surface area contributed by atoms with E-state index in [2.05, 4.69) is 10.6 Å². The van der Waals surface area contributed by atoms with Gasteiger partial charge in [0, 0.05) is 11.3 Å². The van der Waals surface area contributed by atoms with Crippen molar-refractivity contribution in [2.45, 2.75) is 32.9 Å². The molecule has 2 heterocycles. The second-order valence-electron chi connectivity index (χ2n) is 7.22. The van der Waals surface area contributed by atoms with Crippen molar-refractivity contribution in [2.75, 3.05) is 13.4 Å². The van der Waals surface area contributed by atoms with E-state index in [0.717, 1.165) is 12.0 Å². The minimum atomic E-state index is -0.689. The normalized spacial score (nSPS) is 17.1. The molecule has 1 atom stereocenters. The van der Waals surface area contributed by atoms with Crippen molar-refractivity contribution in [1.29, 1.82) is 0 Å². The Kier molecular flexibility index (Phi) is 5.97. The summed E-state index contributed by atoms with van der Waals surface area (Å²) in [6.07, 6.45) is 0.839. The molecule has 0 unspecified atom stereocenters. The summed E-state index contributed by atoms with van der Waals surface area (Å²) >= 11 is 0. The number of rotatable bonds is 7. The Morgan fingerprint density at radius 3 is 2.81 bits per heavy atom. The molecular formula is C23H24N2O6. The number of carbonyl (C=O) groups excluding carboxylic acids is 2. The summed E-state index contributed by atoms with van der Waals surface area (Å²) in [5.41, 5.74) is 2.23. The molecule has 4 rings (SSSR count). The molecule has 0 spiro atoms. The summed E-state index contributed by atoms with van der Waals surface area (Å²) in [5.74, 6) is 1.37. The van der Waals surface area contributed by atoms with E-state index in [4.69, 9.17) is 18.9 Å². The van der Waals surface area contributed by atoms with Crippen molar-refractivity contribution in [3.63, 3.8) is 0 Å². The van der Waals surface area contributed by atoms with E-state index in [0.29, 0.717) is 40.7 Å². The van der Waals surface area contributed by atoms with E-state index in [1.807, 2.05) is 37.3 Å². The van der Waals surface area contributed by atoms with Gasteiger partial charge in [-0.3, -0.25) is 0 Å². The maximum absolute atomic E-state index is 13.1. The third-order valence-electron chi connectivity index (χ3n) is 4.99. The average Bonchev–Trinajstić information content (AvgIpc) is 3.23. The molecule has 2 aliphatic rings. The zero-order chi connectivity index (χ0) is 21.8. The molecule has 0 bridgehead atoms. The first-order valence-corrected chi connectivity index (χ1v) is 10.1. The van der Waals surface area contributed by atoms with E-state index in [1.165, 1.54) is 0 Å². The molecule has 0 saturated carbocycles. The van der Waals surface area contributed by atoms with Crippen LogP contribution in [0.1, 0.15) is 37.4 Å². The minimum absolute atomic E-state index is 0.0564. The quantitative estimate of drug-likeness (QED) is 0.660. The van der Waals surface area contributed by atoms with Crippen LogP contribution >= 0.6 is 0 Å². The van der Waals surface area contributed by atoms with E-state index in [-0.39, 0.29) is 19.4 Å².